The average molecular weight is 213 g/mol. The first kappa shape index (κ1) is 13.0. The highest BCUT2D eigenvalue weighted by Crippen LogP contribution is 2.27. The largest absolute Gasteiger partial charge is 0.382 e. The van der Waals surface area contributed by atoms with E-state index in [1.54, 1.807) is 7.11 Å². The molecule has 0 saturated heterocycles. The summed E-state index contributed by atoms with van der Waals surface area (Å²) in [6, 6.07) is 0.394. The van der Waals surface area contributed by atoms with Gasteiger partial charge < -0.3 is 10.5 Å². The molecule has 0 radical (unpaired) electrons. The van der Waals surface area contributed by atoms with Crippen molar-refractivity contribution in [3.63, 3.8) is 0 Å². The molecule has 0 aromatic heterocycles. The Morgan fingerprint density at radius 1 is 1.20 bits per heavy atom. The van der Waals surface area contributed by atoms with Crippen molar-refractivity contribution < 1.29 is 4.74 Å². The molecule has 1 saturated carbocycles. The van der Waals surface area contributed by atoms with Crippen LogP contribution in [0.15, 0.2) is 0 Å². The SMILES string of the molecule is COC(C)CCC(N)CC1CCCCC1. The zero-order valence-corrected chi connectivity index (χ0v) is 10.4. The van der Waals surface area contributed by atoms with Crippen molar-refractivity contribution in [2.75, 3.05) is 7.11 Å². The molecule has 1 rings (SSSR count). The number of rotatable bonds is 6. The normalized spacial score (nSPS) is 22.6. The van der Waals surface area contributed by atoms with Gasteiger partial charge in [-0.2, -0.15) is 0 Å². The third kappa shape index (κ3) is 5.53. The van der Waals surface area contributed by atoms with E-state index in [1.807, 2.05) is 0 Å². The first-order valence-electron chi connectivity index (χ1n) is 6.50. The summed E-state index contributed by atoms with van der Waals surface area (Å²) in [6.07, 6.45) is 10.9. The van der Waals surface area contributed by atoms with Gasteiger partial charge >= 0.3 is 0 Å². The summed E-state index contributed by atoms with van der Waals surface area (Å²) in [7, 11) is 1.78. The third-order valence-corrected chi connectivity index (χ3v) is 3.71. The fourth-order valence-corrected chi connectivity index (χ4v) is 2.54. The third-order valence-electron chi connectivity index (χ3n) is 3.71. The fraction of sp³-hybridized carbons (Fsp3) is 1.00. The minimum atomic E-state index is 0.363. The molecular weight excluding hydrogens is 186 g/mol. The van der Waals surface area contributed by atoms with Crippen LogP contribution >= 0.6 is 0 Å². The van der Waals surface area contributed by atoms with Gasteiger partial charge in [0.15, 0.2) is 0 Å². The van der Waals surface area contributed by atoms with Crippen molar-refractivity contribution in [1.82, 2.24) is 0 Å². The van der Waals surface area contributed by atoms with Crippen molar-refractivity contribution in [2.24, 2.45) is 11.7 Å². The quantitative estimate of drug-likeness (QED) is 0.736. The second kappa shape index (κ2) is 7.24. The highest BCUT2D eigenvalue weighted by Gasteiger charge is 2.16. The molecule has 1 aliphatic rings. The Morgan fingerprint density at radius 2 is 1.87 bits per heavy atom. The van der Waals surface area contributed by atoms with E-state index in [9.17, 15) is 0 Å². The molecule has 2 unspecified atom stereocenters. The predicted molar refractivity (Wildman–Crippen MR) is 64.9 cm³/mol. The van der Waals surface area contributed by atoms with Crippen molar-refractivity contribution >= 4 is 0 Å². The zero-order chi connectivity index (χ0) is 11.1. The topological polar surface area (TPSA) is 35.2 Å². The number of ether oxygens (including phenoxy) is 1. The van der Waals surface area contributed by atoms with Gasteiger partial charge in [-0.25, -0.2) is 0 Å². The van der Waals surface area contributed by atoms with E-state index in [-0.39, 0.29) is 0 Å². The molecule has 0 aromatic carbocycles. The van der Waals surface area contributed by atoms with Gasteiger partial charge in [0.1, 0.15) is 0 Å². The Hall–Kier alpha value is -0.0800. The lowest BCUT2D eigenvalue weighted by Gasteiger charge is -2.25. The molecule has 1 aliphatic carbocycles. The Kier molecular flexibility index (Phi) is 6.26. The lowest BCUT2D eigenvalue weighted by atomic mass is 9.84. The first-order chi connectivity index (χ1) is 7.22. The summed E-state index contributed by atoms with van der Waals surface area (Å²) in [6.45, 7) is 2.12. The average Bonchev–Trinajstić information content (AvgIpc) is 2.27. The molecule has 0 heterocycles. The smallest absolute Gasteiger partial charge is 0.0543 e. The molecule has 15 heavy (non-hydrogen) atoms. The van der Waals surface area contributed by atoms with Crippen molar-refractivity contribution in [3.05, 3.63) is 0 Å². The van der Waals surface area contributed by atoms with Gasteiger partial charge in [-0.3, -0.25) is 0 Å². The highest BCUT2D eigenvalue weighted by molar-refractivity contribution is 4.72. The highest BCUT2D eigenvalue weighted by atomic mass is 16.5. The van der Waals surface area contributed by atoms with Crippen LogP contribution in [-0.2, 0) is 4.74 Å². The Labute approximate surface area is 94.6 Å². The van der Waals surface area contributed by atoms with Crippen molar-refractivity contribution in [2.45, 2.75) is 70.4 Å². The fourth-order valence-electron chi connectivity index (χ4n) is 2.54. The number of hydrogen-bond acceptors (Lipinski definition) is 2. The van der Waals surface area contributed by atoms with Gasteiger partial charge in [0.25, 0.3) is 0 Å². The minimum absolute atomic E-state index is 0.363. The van der Waals surface area contributed by atoms with E-state index >= 15 is 0 Å². The van der Waals surface area contributed by atoms with E-state index < -0.39 is 0 Å². The van der Waals surface area contributed by atoms with Gasteiger partial charge in [-0.1, -0.05) is 32.1 Å². The van der Waals surface area contributed by atoms with Crippen molar-refractivity contribution in [1.29, 1.82) is 0 Å². The maximum atomic E-state index is 6.15. The number of methoxy groups -OCH3 is 1. The van der Waals surface area contributed by atoms with E-state index in [0.717, 1.165) is 18.8 Å². The number of nitrogens with two attached hydrogens (primary N) is 1. The summed E-state index contributed by atoms with van der Waals surface area (Å²) in [4.78, 5) is 0. The maximum Gasteiger partial charge on any atom is 0.0543 e. The monoisotopic (exact) mass is 213 g/mol. The van der Waals surface area contributed by atoms with E-state index in [1.165, 1.54) is 38.5 Å². The van der Waals surface area contributed by atoms with Gasteiger partial charge in [0, 0.05) is 13.2 Å². The van der Waals surface area contributed by atoms with Crippen LogP contribution < -0.4 is 5.73 Å². The van der Waals surface area contributed by atoms with Crippen LogP contribution in [0.1, 0.15) is 58.3 Å². The summed E-state index contributed by atoms with van der Waals surface area (Å²) >= 11 is 0. The molecule has 90 valence electrons. The lowest BCUT2D eigenvalue weighted by Crippen LogP contribution is -2.26. The Balaban J connectivity index is 2.08. The Bertz CT molecular complexity index is 155. The summed E-state index contributed by atoms with van der Waals surface area (Å²) in [5, 5.41) is 0. The molecule has 2 heteroatoms. The first-order valence-corrected chi connectivity index (χ1v) is 6.50. The summed E-state index contributed by atoms with van der Waals surface area (Å²) in [5.41, 5.74) is 6.15. The van der Waals surface area contributed by atoms with Crippen LogP contribution in [0.2, 0.25) is 0 Å². The van der Waals surface area contributed by atoms with E-state index in [2.05, 4.69) is 6.92 Å². The van der Waals surface area contributed by atoms with Gasteiger partial charge in [-0.05, 0) is 32.1 Å². The molecule has 0 aliphatic heterocycles. The minimum Gasteiger partial charge on any atom is -0.382 e. The molecule has 0 aromatic rings. The molecule has 0 amide bonds. The molecule has 0 spiro atoms. The van der Waals surface area contributed by atoms with E-state index in [4.69, 9.17) is 10.5 Å². The molecule has 2 atom stereocenters. The predicted octanol–water partition coefficient (Wildman–Crippen LogP) is 3.10. The Morgan fingerprint density at radius 3 is 2.47 bits per heavy atom. The summed E-state index contributed by atoms with van der Waals surface area (Å²) in [5.74, 6) is 0.909. The number of hydrogen-bond donors (Lipinski definition) is 1. The van der Waals surface area contributed by atoms with Crippen LogP contribution in [0.25, 0.3) is 0 Å². The van der Waals surface area contributed by atoms with Crippen LogP contribution in [0.3, 0.4) is 0 Å². The van der Waals surface area contributed by atoms with Gasteiger partial charge in [-0.15, -0.1) is 0 Å². The van der Waals surface area contributed by atoms with Gasteiger partial charge in [0.05, 0.1) is 6.10 Å². The van der Waals surface area contributed by atoms with E-state index in [0.29, 0.717) is 12.1 Å². The second-order valence-electron chi connectivity index (χ2n) is 5.12. The molecule has 1 fully saturated rings. The summed E-state index contributed by atoms with van der Waals surface area (Å²) < 4.78 is 5.23. The molecule has 0 bridgehead atoms. The lowest BCUT2D eigenvalue weighted by molar-refractivity contribution is 0.106. The van der Waals surface area contributed by atoms with Crippen LogP contribution in [0.5, 0.6) is 0 Å². The van der Waals surface area contributed by atoms with Crippen LogP contribution in [-0.4, -0.2) is 19.3 Å². The molecule has 2 N–H and O–H groups in total. The maximum absolute atomic E-state index is 6.15. The van der Waals surface area contributed by atoms with Crippen LogP contribution in [0, 0.1) is 5.92 Å². The van der Waals surface area contributed by atoms with Crippen LogP contribution in [0.4, 0.5) is 0 Å². The zero-order valence-electron chi connectivity index (χ0n) is 10.4. The second-order valence-corrected chi connectivity index (χ2v) is 5.12. The standard InChI is InChI=1S/C13H27NO/c1-11(15-2)8-9-13(14)10-12-6-4-3-5-7-12/h11-13H,3-10,14H2,1-2H3. The van der Waals surface area contributed by atoms with Crippen molar-refractivity contribution in [3.8, 4) is 0 Å². The molecular formula is C13H27NO. The molecule has 2 nitrogen and oxygen atoms in total. The van der Waals surface area contributed by atoms with Gasteiger partial charge in [0.2, 0.25) is 0 Å².